The third-order valence-electron chi connectivity index (χ3n) is 2.51. The fourth-order valence-corrected chi connectivity index (χ4v) is 1.77. The molecule has 1 N–H and O–H groups in total. The van der Waals surface area contributed by atoms with Gasteiger partial charge in [-0.25, -0.2) is 4.39 Å². The fourth-order valence-electron chi connectivity index (χ4n) is 1.77. The highest BCUT2D eigenvalue weighted by Gasteiger charge is 2.22. The van der Waals surface area contributed by atoms with Gasteiger partial charge in [0.05, 0.1) is 0 Å². The van der Waals surface area contributed by atoms with Gasteiger partial charge < -0.3 is 5.32 Å². The fraction of sp³-hybridized carbons (Fsp3) is 0.364. The van der Waals surface area contributed by atoms with Crippen LogP contribution in [0.5, 0.6) is 0 Å². The topological polar surface area (TPSA) is 29.1 Å². The van der Waals surface area contributed by atoms with Crippen molar-refractivity contribution in [1.82, 2.24) is 5.32 Å². The molecular formula is C11H12FNO. The molecule has 3 heteroatoms. The summed E-state index contributed by atoms with van der Waals surface area (Å²) in [6, 6.07) is 6.46. The van der Waals surface area contributed by atoms with Crippen LogP contribution in [0.2, 0.25) is 0 Å². The van der Waals surface area contributed by atoms with E-state index in [9.17, 15) is 9.18 Å². The number of hydrogen-bond donors (Lipinski definition) is 1. The van der Waals surface area contributed by atoms with Crippen molar-refractivity contribution in [3.63, 3.8) is 0 Å². The average Bonchev–Trinajstić information content (AvgIpc) is 2.18. The van der Waals surface area contributed by atoms with Gasteiger partial charge in [-0.05, 0) is 6.07 Å². The molecule has 0 radical (unpaired) electrons. The molecule has 1 fully saturated rings. The van der Waals surface area contributed by atoms with Crippen LogP contribution in [-0.4, -0.2) is 12.3 Å². The standard InChI is InChI=1S/C11H12FNO/c12-10-4-2-1-3-9(10)11-7-8(14)5-6-13-11/h1-4,11,13H,5-7H2. The van der Waals surface area contributed by atoms with Gasteiger partial charge in [0.2, 0.25) is 0 Å². The lowest BCUT2D eigenvalue weighted by Crippen LogP contribution is -2.32. The van der Waals surface area contributed by atoms with E-state index in [0.717, 1.165) is 0 Å². The molecule has 2 rings (SSSR count). The minimum absolute atomic E-state index is 0.141. The second-order valence-electron chi connectivity index (χ2n) is 3.52. The Hall–Kier alpha value is -1.22. The maximum absolute atomic E-state index is 13.3. The predicted molar refractivity (Wildman–Crippen MR) is 51.4 cm³/mol. The van der Waals surface area contributed by atoms with Crippen LogP contribution in [0, 0.1) is 5.82 Å². The summed E-state index contributed by atoms with van der Waals surface area (Å²) in [5.41, 5.74) is 0.598. The van der Waals surface area contributed by atoms with Crippen LogP contribution in [0.15, 0.2) is 24.3 Å². The van der Waals surface area contributed by atoms with Crippen molar-refractivity contribution in [1.29, 1.82) is 0 Å². The lowest BCUT2D eigenvalue weighted by atomic mass is 9.96. The van der Waals surface area contributed by atoms with Gasteiger partial charge in [-0.3, -0.25) is 4.79 Å². The Kier molecular flexibility index (Phi) is 2.59. The molecule has 1 aromatic carbocycles. The van der Waals surface area contributed by atoms with Gasteiger partial charge >= 0.3 is 0 Å². The van der Waals surface area contributed by atoms with Crippen molar-refractivity contribution in [2.45, 2.75) is 18.9 Å². The smallest absolute Gasteiger partial charge is 0.136 e. The Morgan fingerprint density at radius 1 is 1.36 bits per heavy atom. The predicted octanol–water partition coefficient (Wildman–Crippen LogP) is 1.82. The first-order valence-electron chi connectivity index (χ1n) is 4.77. The molecular weight excluding hydrogens is 181 g/mol. The van der Waals surface area contributed by atoms with E-state index in [1.54, 1.807) is 18.2 Å². The van der Waals surface area contributed by atoms with E-state index in [4.69, 9.17) is 0 Å². The summed E-state index contributed by atoms with van der Waals surface area (Å²) in [6.45, 7) is 0.651. The van der Waals surface area contributed by atoms with Gasteiger partial charge in [-0.2, -0.15) is 0 Å². The monoisotopic (exact) mass is 193 g/mol. The molecule has 0 aliphatic carbocycles. The highest BCUT2D eigenvalue weighted by Crippen LogP contribution is 2.22. The van der Waals surface area contributed by atoms with Gasteiger partial charge in [-0.15, -0.1) is 0 Å². The van der Waals surface area contributed by atoms with Crippen LogP contribution in [0.1, 0.15) is 24.4 Å². The second-order valence-corrected chi connectivity index (χ2v) is 3.52. The van der Waals surface area contributed by atoms with Gasteiger partial charge in [0.1, 0.15) is 11.6 Å². The van der Waals surface area contributed by atoms with Crippen LogP contribution in [-0.2, 0) is 4.79 Å². The molecule has 1 atom stereocenters. The van der Waals surface area contributed by atoms with Crippen LogP contribution >= 0.6 is 0 Å². The number of ketones is 1. The van der Waals surface area contributed by atoms with Gasteiger partial charge in [-0.1, -0.05) is 18.2 Å². The zero-order valence-corrected chi connectivity index (χ0v) is 7.79. The van der Waals surface area contributed by atoms with Crippen LogP contribution in [0.3, 0.4) is 0 Å². The summed E-state index contributed by atoms with van der Waals surface area (Å²) < 4.78 is 13.3. The summed E-state index contributed by atoms with van der Waals surface area (Å²) in [6.07, 6.45) is 0.964. The number of benzene rings is 1. The minimum atomic E-state index is -0.236. The zero-order valence-electron chi connectivity index (χ0n) is 7.79. The maximum Gasteiger partial charge on any atom is 0.136 e. The number of piperidine rings is 1. The highest BCUT2D eigenvalue weighted by molar-refractivity contribution is 5.80. The van der Waals surface area contributed by atoms with E-state index >= 15 is 0 Å². The summed E-state index contributed by atoms with van der Waals surface area (Å²) in [7, 11) is 0. The van der Waals surface area contributed by atoms with Crippen molar-refractivity contribution in [3.05, 3.63) is 35.6 Å². The Bertz CT molecular complexity index is 351. The summed E-state index contributed by atoms with van der Waals surface area (Å²) in [5.74, 6) is -0.0308. The molecule has 1 aliphatic heterocycles. The number of nitrogens with one attached hydrogen (secondary N) is 1. The Morgan fingerprint density at radius 3 is 2.86 bits per heavy atom. The molecule has 1 unspecified atom stereocenters. The van der Waals surface area contributed by atoms with Crippen LogP contribution < -0.4 is 5.32 Å². The first-order valence-corrected chi connectivity index (χ1v) is 4.77. The van der Waals surface area contributed by atoms with Crippen molar-refractivity contribution in [2.75, 3.05) is 6.54 Å². The summed E-state index contributed by atoms with van der Waals surface area (Å²) in [5, 5.41) is 3.15. The first-order chi connectivity index (χ1) is 6.77. The zero-order chi connectivity index (χ0) is 9.97. The van der Waals surface area contributed by atoms with Crippen LogP contribution in [0.25, 0.3) is 0 Å². The number of halogens is 1. The van der Waals surface area contributed by atoms with Crippen molar-refractivity contribution in [3.8, 4) is 0 Å². The minimum Gasteiger partial charge on any atom is -0.309 e. The van der Waals surface area contributed by atoms with Gasteiger partial charge in [0.25, 0.3) is 0 Å². The summed E-state index contributed by atoms with van der Waals surface area (Å²) in [4.78, 5) is 11.2. The lowest BCUT2D eigenvalue weighted by Gasteiger charge is -2.23. The Morgan fingerprint density at radius 2 is 2.14 bits per heavy atom. The third kappa shape index (κ3) is 1.82. The quantitative estimate of drug-likeness (QED) is 0.737. The molecule has 0 amide bonds. The van der Waals surface area contributed by atoms with E-state index in [2.05, 4.69) is 5.32 Å². The molecule has 1 aliphatic rings. The molecule has 2 nitrogen and oxygen atoms in total. The van der Waals surface area contributed by atoms with E-state index in [0.29, 0.717) is 24.9 Å². The molecule has 0 saturated carbocycles. The normalized spacial score (nSPS) is 22.4. The Balaban J connectivity index is 2.22. The summed E-state index contributed by atoms with van der Waals surface area (Å²) >= 11 is 0. The van der Waals surface area contributed by atoms with Crippen molar-refractivity contribution < 1.29 is 9.18 Å². The third-order valence-corrected chi connectivity index (χ3v) is 2.51. The van der Waals surface area contributed by atoms with Crippen molar-refractivity contribution >= 4 is 5.78 Å². The number of hydrogen-bond acceptors (Lipinski definition) is 2. The maximum atomic E-state index is 13.3. The SMILES string of the molecule is O=C1CCNC(c2ccccc2F)C1. The molecule has 74 valence electrons. The number of rotatable bonds is 1. The average molecular weight is 193 g/mol. The molecule has 0 aromatic heterocycles. The second kappa shape index (κ2) is 3.88. The first kappa shape index (κ1) is 9.34. The van der Waals surface area contributed by atoms with Gasteiger partial charge in [0.15, 0.2) is 0 Å². The highest BCUT2D eigenvalue weighted by atomic mass is 19.1. The molecule has 1 aromatic rings. The van der Waals surface area contributed by atoms with E-state index < -0.39 is 0 Å². The Labute approximate surface area is 82.1 Å². The van der Waals surface area contributed by atoms with E-state index in [1.165, 1.54) is 6.07 Å². The van der Waals surface area contributed by atoms with Crippen molar-refractivity contribution in [2.24, 2.45) is 0 Å². The number of carbonyl (C=O) groups is 1. The molecule has 1 saturated heterocycles. The molecule has 0 bridgehead atoms. The molecule has 14 heavy (non-hydrogen) atoms. The van der Waals surface area contributed by atoms with E-state index in [1.807, 2.05) is 0 Å². The van der Waals surface area contributed by atoms with Gasteiger partial charge in [0, 0.05) is 31.0 Å². The lowest BCUT2D eigenvalue weighted by molar-refractivity contribution is -0.120. The molecule has 0 spiro atoms. The largest absolute Gasteiger partial charge is 0.309 e. The van der Waals surface area contributed by atoms with Crippen LogP contribution in [0.4, 0.5) is 4.39 Å². The van der Waals surface area contributed by atoms with E-state index in [-0.39, 0.29) is 17.6 Å². The molecule has 1 heterocycles. The number of carbonyl (C=O) groups excluding carboxylic acids is 1. The number of Topliss-reactive ketones (excluding diaryl/α,β-unsaturated/α-hetero) is 1.